The van der Waals surface area contributed by atoms with Gasteiger partial charge < -0.3 is 4.42 Å². The zero-order valence-electron chi connectivity index (χ0n) is 13.4. The van der Waals surface area contributed by atoms with E-state index in [2.05, 4.69) is 62.6 Å². The number of hydrogen-bond donors (Lipinski definition) is 0. The molecule has 0 atom stereocenters. The van der Waals surface area contributed by atoms with Crippen LogP contribution in [0.3, 0.4) is 0 Å². The van der Waals surface area contributed by atoms with Crippen LogP contribution in [0, 0.1) is 0 Å². The molecular weight excluding hydrogens is 310 g/mol. The molecule has 4 heteroatoms. The normalized spacial score (nSPS) is 12.6. The molecule has 4 nitrogen and oxygen atoms in total. The Hall–Kier alpha value is -3.40. The van der Waals surface area contributed by atoms with Crippen LogP contribution in [0.5, 0.6) is 0 Å². The van der Waals surface area contributed by atoms with Crippen LogP contribution in [0.1, 0.15) is 5.56 Å². The molecule has 5 aromatic rings. The second kappa shape index (κ2) is 4.57. The largest absolute Gasteiger partial charge is 0.413 e. The molecular formula is C21H14N3O+. The molecule has 0 aliphatic carbocycles. The predicted octanol–water partition coefficient (Wildman–Crippen LogP) is 4.09. The van der Waals surface area contributed by atoms with Crippen LogP contribution in [0.2, 0.25) is 0 Å². The van der Waals surface area contributed by atoms with E-state index in [-0.39, 0.29) is 0 Å². The maximum atomic E-state index is 6.37. The molecule has 0 unspecified atom stereocenters. The van der Waals surface area contributed by atoms with Crippen molar-refractivity contribution in [3.05, 3.63) is 78.6 Å². The molecule has 118 valence electrons. The van der Waals surface area contributed by atoms with E-state index in [1.807, 2.05) is 24.5 Å². The fourth-order valence-corrected chi connectivity index (χ4v) is 3.91. The van der Waals surface area contributed by atoms with Gasteiger partial charge in [0.15, 0.2) is 5.52 Å². The first-order valence-electron chi connectivity index (χ1n) is 8.36. The number of aromatic nitrogens is 3. The van der Waals surface area contributed by atoms with Gasteiger partial charge in [0.1, 0.15) is 12.2 Å². The molecule has 1 aliphatic rings. The van der Waals surface area contributed by atoms with Crippen LogP contribution in [-0.4, -0.2) is 9.55 Å². The molecule has 0 amide bonds. The number of rotatable bonds is 1. The maximum Gasteiger partial charge on any atom is 0.334 e. The highest BCUT2D eigenvalue weighted by atomic mass is 16.4. The van der Waals surface area contributed by atoms with E-state index in [4.69, 9.17) is 4.42 Å². The first-order valence-corrected chi connectivity index (χ1v) is 8.36. The Labute approximate surface area is 143 Å². The molecule has 1 aliphatic heterocycles. The van der Waals surface area contributed by atoms with Gasteiger partial charge >= 0.3 is 5.65 Å². The standard InChI is InChI=1S/C21H14N3O/c1-2-7-15(8-3-1)24-18-12-22-11-10-17(18)19-20(24)23-13-14-6-4-5-9-16(14)21(23)25-19/h1-12H,13H2/q+1. The first-order chi connectivity index (χ1) is 12.4. The summed E-state index contributed by atoms with van der Waals surface area (Å²) < 4.78 is 10.9. The summed E-state index contributed by atoms with van der Waals surface area (Å²) in [6.07, 6.45) is 3.73. The average molecular weight is 324 g/mol. The van der Waals surface area contributed by atoms with Gasteiger partial charge in [-0.25, -0.2) is 0 Å². The summed E-state index contributed by atoms with van der Waals surface area (Å²) in [6.45, 7) is 0.828. The van der Waals surface area contributed by atoms with Gasteiger partial charge in [-0.2, -0.15) is 9.13 Å². The van der Waals surface area contributed by atoms with Crippen LogP contribution in [-0.2, 0) is 6.54 Å². The highest BCUT2D eigenvalue weighted by Gasteiger charge is 2.35. The van der Waals surface area contributed by atoms with Crippen LogP contribution in [0.4, 0.5) is 0 Å². The van der Waals surface area contributed by atoms with Crippen molar-refractivity contribution in [3.63, 3.8) is 0 Å². The van der Waals surface area contributed by atoms with Gasteiger partial charge in [0.05, 0.1) is 17.1 Å². The molecule has 25 heavy (non-hydrogen) atoms. The Kier molecular flexibility index (Phi) is 2.37. The molecule has 3 aromatic heterocycles. The number of hydrogen-bond acceptors (Lipinski definition) is 2. The summed E-state index contributed by atoms with van der Waals surface area (Å²) >= 11 is 0. The highest BCUT2D eigenvalue weighted by molar-refractivity contribution is 6.03. The fourth-order valence-electron chi connectivity index (χ4n) is 3.91. The van der Waals surface area contributed by atoms with Crippen LogP contribution in [0.15, 0.2) is 77.5 Å². The Balaban J connectivity index is 1.79. The summed E-state index contributed by atoms with van der Waals surface area (Å²) in [7, 11) is 0. The second-order valence-corrected chi connectivity index (χ2v) is 6.37. The minimum Gasteiger partial charge on any atom is -0.413 e. The van der Waals surface area contributed by atoms with Gasteiger partial charge in [0.25, 0.3) is 5.89 Å². The molecule has 0 saturated heterocycles. The van der Waals surface area contributed by atoms with E-state index in [0.29, 0.717) is 0 Å². The topological polar surface area (TPSA) is 34.8 Å². The number of pyridine rings is 1. The second-order valence-electron chi connectivity index (χ2n) is 6.37. The third kappa shape index (κ3) is 1.61. The summed E-state index contributed by atoms with van der Waals surface area (Å²) in [4.78, 5) is 4.34. The van der Waals surface area contributed by atoms with Crippen molar-refractivity contribution >= 4 is 22.1 Å². The van der Waals surface area contributed by atoms with Crippen LogP contribution < -0.4 is 4.57 Å². The van der Waals surface area contributed by atoms with Crippen molar-refractivity contribution in [2.24, 2.45) is 0 Å². The van der Waals surface area contributed by atoms with E-state index < -0.39 is 0 Å². The van der Waals surface area contributed by atoms with E-state index in [9.17, 15) is 0 Å². The highest BCUT2D eigenvalue weighted by Crippen LogP contribution is 2.36. The Morgan fingerprint density at radius 2 is 1.80 bits per heavy atom. The number of fused-ring (bicyclic) bond motifs is 7. The van der Waals surface area contributed by atoms with E-state index in [0.717, 1.165) is 40.3 Å². The average Bonchev–Trinajstić information content (AvgIpc) is 3.30. The van der Waals surface area contributed by atoms with Gasteiger partial charge in [-0.1, -0.05) is 36.4 Å². The zero-order chi connectivity index (χ0) is 16.4. The fraction of sp³-hybridized carbons (Fsp3) is 0.0476. The number of oxazole rings is 1. The maximum absolute atomic E-state index is 6.37. The molecule has 0 bridgehead atoms. The van der Waals surface area contributed by atoms with Crippen molar-refractivity contribution in [2.45, 2.75) is 6.54 Å². The minimum atomic E-state index is 0.828. The van der Waals surface area contributed by atoms with Gasteiger partial charge in [-0.05, 0) is 24.3 Å². The van der Waals surface area contributed by atoms with Gasteiger partial charge in [-0.3, -0.25) is 4.98 Å². The summed E-state index contributed by atoms with van der Waals surface area (Å²) in [6, 6.07) is 20.9. The predicted molar refractivity (Wildman–Crippen MR) is 95.6 cm³/mol. The van der Waals surface area contributed by atoms with Crippen molar-refractivity contribution in [3.8, 4) is 17.1 Å². The lowest BCUT2D eigenvalue weighted by molar-refractivity contribution is -0.651. The molecule has 0 fully saturated rings. The lowest BCUT2D eigenvalue weighted by Gasteiger charge is -2.00. The molecule has 2 aromatic carbocycles. The van der Waals surface area contributed by atoms with E-state index >= 15 is 0 Å². The number of benzene rings is 2. The number of nitrogens with zero attached hydrogens (tertiary/aromatic N) is 3. The molecule has 0 radical (unpaired) electrons. The lowest BCUT2D eigenvalue weighted by Crippen LogP contribution is -2.32. The quantitative estimate of drug-likeness (QED) is 0.427. The summed E-state index contributed by atoms with van der Waals surface area (Å²) in [5, 5.41) is 1.09. The van der Waals surface area contributed by atoms with Gasteiger partial charge in [0, 0.05) is 11.8 Å². The molecule has 4 heterocycles. The molecule has 0 N–H and O–H groups in total. The zero-order valence-corrected chi connectivity index (χ0v) is 13.4. The monoisotopic (exact) mass is 324 g/mol. The number of para-hydroxylation sites is 1. The molecule has 6 rings (SSSR count). The minimum absolute atomic E-state index is 0.828. The third-order valence-corrected chi connectivity index (χ3v) is 4.99. The van der Waals surface area contributed by atoms with Crippen molar-refractivity contribution < 1.29 is 8.98 Å². The molecule has 0 saturated carbocycles. The Bertz CT molecular complexity index is 1260. The first kappa shape index (κ1) is 13.0. The third-order valence-electron chi connectivity index (χ3n) is 4.99. The van der Waals surface area contributed by atoms with Crippen molar-refractivity contribution in [1.29, 1.82) is 0 Å². The lowest BCUT2D eigenvalue weighted by atomic mass is 10.1. The Morgan fingerprint density at radius 1 is 0.960 bits per heavy atom. The van der Waals surface area contributed by atoms with Crippen LogP contribution in [0.25, 0.3) is 39.3 Å². The van der Waals surface area contributed by atoms with Gasteiger partial charge in [0.2, 0.25) is 5.58 Å². The van der Waals surface area contributed by atoms with E-state index in [1.165, 1.54) is 11.1 Å². The SMILES string of the molecule is c1ccc(-n2c3cnccc3c3oc4[n+](c32)Cc2ccccc2-4)cc1. The smallest absolute Gasteiger partial charge is 0.334 e. The molecule has 0 spiro atoms. The van der Waals surface area contributed by atoms with Crippen molar-refractivity contribution in [2.75, 3.05) is 0 Å². The van der Waals surface area contributed by atoms with E-state index in [1.54, 1.807) is 0 Å². The van der Waals surface area contributed by atoms with Crippen molar-refractivity contribution in [1.82, 2.24) is 9.55 Å². The summed E-state index contributed by atoms with van der Waals surface area (Å²) in [5.41, 5.74) is 6.66. The summed E-state index contributed by atoms with van der Waals surface area (Å²) in [5.74, 6) is 0.934. The van der Waals surface area contributed by atoms with Gasteiger partial charge in [-0.15, -0.1) is 0 Å². The Morgan fingerprint density at radius 3 is 2.72 bits per heavy atom. The van der Waals surface area contributed by atoms with Crippen LogP contribution >= 0.6 is 0 Å².